The molecule has 0 saturated carbocycles. The highest BCUT2D eigenvalue weighted by Gasteiger charge is 2.15. The van der Waals surface area contributed by atoms with Crippen LogP contribution < -0.4 is 10.5 Å². The Morgan fingerprint density at radius 2 is 1.76 bits per heavy atom. The lowest BCUT2D eigenvalue weighted by molar-refractivity contribution is 0.103. The van der Waals surface area contributed by atoms with E-state index in [1.54, 1.807) is 6.07 Å². The lowest BCUT2D eigenvalue weighted by Crippen LogP contribution is -2.10. The van der Waals surface area contributed by atoms with Crippen molar-refractivity contribution in [1.82, 2.24) is 0 Å². The predicted octanol–water partition coefficient (Wildman–Crippen LogP) is 3.21. The van der Waals surface area contributed by atoms with Gasteiger partial charge in [-0.05, 0) is 44.5 Å². The van der Waals surface area contributed by atoms with Gasteiger partial charge in [0.2, 0.25) is 0 Å². The van der Waals surface area contributed by atoms with Crippen LogP contribution in [0.2, 0.25) is 0 Å². The van der Waals surface area contributed by atoms with Gasteiger partial charge in [0.15, 0.2) is 5.78 Å². The summed E-state index contributed by atoms with van der Waals surface area (Å²) in [6, 6.07) is 14.9. The molecular formula is C18H21NO2. The second kappa shape index (κ2) is 7.04. The normalized spacial score (nSPS) is 10.7. The molecule has 0 spiro atoms. The van der Waals surface area contributed by atoms with Gasteiger partial charge in [-0.15, -0.1) is 0 Å². The highest BCUT2D eigenvalue weighted by atomic mass is 16.5. The van der Waals surface area contributed by atoms with Crippen LogP contribution in [-0.4, -0.2) is 18.4 Å². The molecular weight excluding hydrogens is 262 g/mol. The zero-order chi connectivity index (χ0) is 15.2. The lowest BCUT2D eigenvalue weighted by Gasteiger charge is -2.13. The molecule has 0 heterocycles. The van der Waals surface area contributed by atoms with Crippen molar-refractivity contribution in [3.8, 4) is 5.75 Å². The molecule has 2 aromatic carbocycles. The molecule has 0 unspecified atom stereocenters. The summed E-state index contributed by atoms with van der Waals surface area (Å²) in [5.74, 6) is 0.606. The number of benzene rings is 2. The van der Waals surface area contributed by atoms with Crippen LogP contribution in [0.3, 0.4) is 0 Å². The maximum atomic E-state index is 12.6. The number of hydrogen-bond acceptors (Lipinski definition) is 3. The SMILES string of the molecule is CC(C)Oc1ccccc1C(=O)c1ccc(CCN)cc1. The summed E-state index contributed by atoms with van der Waals surface area (Å²) in [4.78, 5) is 12.6. The number of hydrogen-bond donors (Lipinski definition) is 1. The van der Waals surface area contributed by atoms with Crippen molar-refractivity contribution in [2.24, 2.45) is 5.73 Å². The molecule has 2 aromatic rings. The van der Waals surface area contributed by atoms with Gasteiger partial charge < -0.3 is 10.5 Å². The largest absolute Gasteiger partial charge is 0.490 e. The van der Waals surface area contributed by atoms with Crippen LogP contribution in [0.15, 0.2) is 48.5 Å². The summed E-state index contributed by atoms with van der Waals surface area (Å²) in [5, 5.41) is 0. The molecule has 0 amide bonds. The van der Waals surface area contributed by atoms with Crippen LogP contribution in [0.4, 0.5) is 0 Å². The molecule has 3 heteroatoms. The van der Waals surface area contributed by atoms with E-state index in [9.17, 15) is 4.79 Å². The number of carbonyl (C=O) groups is 1. The zero-order valence-corrected chi connectivity index (χ0v) is 12.5. The van der Waals surface area contributed by atoms with Gasteiger partial charge in [0, 0.05) is 5.56 Å². The maximum Gasteiger partial charge on any atom is 0.196 e. The lowest BCUT2D eigenvalue weighted by atomic mass is 10.0. The first kappa shape index (κ1) is 15.3. The summed E-state index contributed by atoms with van der Waals surface area (Å²) in [7, 11) is 0. The fraction of sp³-hybridized carbons (Fsp3) is 0.278. The Balaban J connectivity index is 2.27. The third kappa shape index (κ3) is 3.92. The predicted molar refractivity (Wildman–Crippen MR) is 84.8 cm³/mol. The first-order chi connectivity index (χ1) is 10.1. The van der Waals surface area contributed by atoms with Crippen LogP contribution >= 0.6 is 0 Å². The van der Waals surface area contributed by atoms with Crippen molar-refractivity contribution in [1.29, 1.82) is 0 Å². The van der Waals surface area contributed by atoms with E-state index in [0.29, 0.717) is 23.4 Å². The molecule has 0 atom stereocenters. The summed E-state index contributed by atoms with van der Waals surface area (Å²) in [5.41, 5.74) is 7.93. The van der Waals surface area contributed by atoms with Crippen molar-refractivity contribution in [2.75, 3.05) is 6.54 Å². The monoisotopic (exact) mass is 283 g/mol. The minimum atomic E-state index is -0.0226. The van der Waals surface area contributed by atoms with E-state index in [0.717, 1.165) is 12.0 Å². The highest BCUT2D eigenvalue weighted by molar-refractivity contribution is 6.10. The quantitative estimate of drug-likeness (QED) is 0.828. The molecule has 0 radical (unpaired) electrons. The number of rotatable bonds is 6. The fourth-order valence-corrected chi connectivity index (χ4v) is 2.16. The number of carbonyl (C=O) groups excluding carboxylic acids is 1. The van der Waals surface area contributed by atoms with Gasteiger partial charge in [0.1, 0.15) is 5.75 Å². The molecule has 0 saturated heterocycles. The molecule has 21 heavy (non-hydrogen) atoms. The maximum absolute atomic E-state index is 12.6. The first-order valence-corrected chi connectivity index (χ1v) is 7.21. The molecule has 110 valence electrons. The molecule has 0 aromatic heterocycles. The zero-order valence-electron chi connectivity index (χ0n) is 12.5. The smallest absolute Gasteiger partial charge is 0.196 e. The molecule has 3 nitrogen and oxygen atoms in total. The van der Waals surface area contributed by atoms with Crippen molar-refractivity contribution < 1.29 is 9.53 Å². The summed E-state index contributed by atoms with van der Waals surface area (Å²) < 4.78 is 5.71. The van der Waals surface area contributed by atoms with Gasteiger partial charge in [0.05, 0.1) is 11.7 Å². The van der Waals surface area contributed by atoms with E-state index in [-0.39, 0.29) is 11.9 Å². The fourth-order valence-electron chi connectivity index (χ4n) is 2.16. The van der Waals surface area contributed by atoms with Crippen molar-refractivity contribution in [3.63, 3.8) is 0 Å². The van der Waals surface area contributed by atoms with Crippen LogP contribution in [-0.2, 0) is 6.42 Å². The Morgan fingerprint density at radius 1 is 1.10 bits per heavy atom. The average Bonchev–Trinajstić information content (AvgIpc) is 2.48. The van der Waals surface area contributed by atoms with Crippen molar-refractivity contribution >= 4 is 5.78 Å². The molecule has 0 aliphatic rings. The van der Waals surface area contributed by atoms with Crippen LogP contribution in [0.5, 0.6) is 5.75 Å². The summed E-state index contributed by atoms with van der Waals surface area (Å²) in [6.07, 6.45) is 0.854. The minimum absolute atomic E-state index is 0.0226. The standard InChI is InChI=1S/C18H21NO2/c1-13(2)21-17-6-4-3-5-16(17)18(20)15-9-7-14(8-10-15)11-12-19/h3-10,13H,11-12,19H2,1-2H3. The van der Waals surface area contributed by atoms with Gasteiger partial charge in [0.25, 0.3) is 0 Å². The Hall–Kier alpha value is -2.13. The first-order valence-electron chi connectivity index (χ1n) is 7.21. The topological polar surface area (TPSA) is 52.3 Å². The third-order valence-electron chi connectivity index (χ3n) is 3.14. The molecule has 2 rings (SSSR count). The van der Waals surface area contributed by atoms with E-state index in [1.165, 1.54) is 0 Å². The summed E-state index contributed by atoms with van der Waals surface area (Å²) >= 11 is 0. The molecule has 0 fully saturated rings. The Morgan fingerprint density at radius 3 is 2.38 bits per heavy atom. The minimum Gasteiger partial charge on any atom is -0.490 e. The molecule has 0 aliphatic heterocycles. The van der Waals surface area contributed by atoms with E-state index < -0.39 is 0 Å². The highest BCUT2D eigenvalue weighted by Crippen LogP contribution is 2.23. The van der Waals surface area contributed by atoms with Crippen molar-refractivity contribution in [2.45, 2.75) is 26.4 Å². The number of para-hydroxylation sites is 1. The number of ketones is 1. The van der Waals surface area contributed by atoms with Gasteiger partial charge in [-0.25, -0.2) is 0 Å². The second-order valence-electron chi connectivity index (χ2n) is 5.23. The average molecular weight is 283 g/mol. The van der Waals surface area contributed by atoms with Crippen LogP contribution in [0.25, 0.3) is 0 Å². The van der Waals surface area contributed by atoms with Gasteiger partial charge in [-0.3, -0.25) is 4.79 Å². The molecule has 0 bridgehead atoms. The van der Waals surface area contributed by atoms with E-state index in [2.05, 4.69) is 0 Å². The Kier molecular flexibility index (Phi) is 5.12. The van der Waals surface area contributed by atoms with Gasteiger partial charge in [-0.1, -0.05) is 36.4 Å². The Labute approximate surface area is 125 Å². The Bertz CT molecular complexity index is 603. The third-order valence-corrected chi connectivity index (χ3v) is 3.14. The van der Waals surface area contributed by atoms with Crippen molar-refractivity contribution in [3.05, 3.63) is 65.2 Å². The van der Waals surface area contributed by atoms with E-state index in [4.69, 9.17) is 10.5 Å². The molecule has 0 aliphatic carbocycles. The van der Waals surface area contributed by atoms with E-state index in [1.807, 2.05) is 56.3 Å². The van der Waals surface area contributed by atoms with Crippen LogP contribution in [0.1, 0.15) is 35.3 Å². The van der Waals surface area contributed by atoms with Gasteiger partial charge >= 0.3 is 0 Å². The van der Waals surface area contributed by atoms with Gasteiger partial charge in [-0.2, -0.15) is 0 Å². The second-order valence-corrected chi connectivity index (χ2v) is 5.23. The number of ether oxygens (including phenoxy) is 1. The molecule has 2 N–H and O–H groups in total. The number of nitrogens with two attached hydrogens (primary N) is 1. The summed E-state index contributed by atoms with van der Waals surface area (Å²) in [6.45, 7) is 4.50. The van der Waals surface area contributed by atoms with Crippen LogP contribution in [0, 0.1) is 0 Å². The van der Waals surface area contributed by atoms with E-state index >= 15 is 0 Å².